The van der Waals surface area contributed by atoms with Gasteiger partial charge in [-0.1, -0.05) is 33.6 Å². The molecule has 102 valence electrons. The fraction of sp³-hybridized carbons (Fsp3) is 1.00. The molecule has 0 aromatic carbocycles. The first-order valence-electron chi connectivity index (χ1n) is 7.47. The molecule has 0 bridgehead atoms. The van der Waals surface area contributed by atoms with Crippen molar-refractivity contribution in [2.45, 2.75) is 71.9 Å². The second-order valence-corrected chi connectivity index (χ2v) is 7.31. The standard InChI is InChI=1S/C15H31NS/c1-5-17-10-9-13(4)16-15-8-6-7-14(11-15)12(2)3/h12-16H,5-11H2,1-4H3. The molecule has 2 heteroatoms. The average molecular weight is 257 g/mol. The lowest BCUT2D eigenvalue weighted by molar-refractivity contribution is 0.222. The summed E-state index contributed by atoms with van der Waals surface area (Å²) < 4.78 is 0. The smallest absolute Gasteiger partial charge is 0.00722 e. The second kappa shape index (κ2) is 8.42. The highest BCUT2D eigenvalue weighted by molar-refractivity contribution is 7.99. The van der Waals surface area contributed by atoms with Gasteiger partial charge in [-0.3, -0.25) is 0 Å². The first-order valence-corrected chi connectivity index (χ1v) is 8.62. The van der Waals surface area contributed by atoms with Gasteiger partial charge in [-0.25, -0.2) is 0 Å². The van der Waals surface area contributed by atoms with Crippen LogP contribution >= 0.6 is 11.8 Å². The molecule has 0 radical (unpaired) electrons. The lowest BCUT2D eigenvalue weighted by Gasteiger charge is -2.34. The van der Waals surface area contributed by atoms with Gasteiger partial charge in [-0.05, 0) is 49.5 Å². The third kappa shape index (κ3) is 6.15. The van der Waals surface area contributed by atoms with Gasteiger partial charge in [-0.15, -0.1) is 0 Å². The Morgan fingerprint density at radius 1 is 1.24 bits per heavy atom. The minimum Gasteiger partial charge on any atom is -0.311 e. The summed E-state index contributed by atoms with van der Waals surface area (Å²) in [5.74, 6) is 4.39. The average Bonchev–Trinajstić information content (AvgIpc) is 2.29. The normalized spacial score (nSPS) is 27.4. The maximum atomic E-state index is 3.85. The summed E-state index contributed by atoms with van der Waals surface area (Å²) in [5, 5.41) is 3.85. The first-order chi connectivity index (χ1) is 8.13. The molecule has 0 saturated heterocycles. The molecule has 0 aromatic rings. The molecule has 17 heavy (non-hydrogen) atoms. The minimum atomic E-state index is 0.699. The Morgan fingerprint density at radius 2 is 2.00 bits per heavy atom. The van der Waals surface area contributed by atoms with Crippen molar-refractivity contribution in [1.82, 2.24) is 5.32 Å². The summed E-state index contributed by atoms with van der Waals surface area (Å²) in [6, 6.07) is 1.49. The Bertz CT molecular complexity index is 193. The van der Waals surface area contributed by atoms with E-state index in [1.54, 1.807) is 0 Å². The van der Waals surface area contributed by atoms with Gasteiger partial charge in [0.2, 0.25) is 0 Å². The van der Waals surface area contributed by atoms with Crippen LogP contribution < -0.4 is 5.32 Å². The van der Waals surface area contributed by atoms with Crippen LogP contribution in [0.25, 0.3) is 0 Å². The van der Waals surface area contributed by atoms with Crippen molar-refractivity contribution in [3.8, 4) is 0 Å². The third-order valence-corrected chi connectivity index (χ3v) is 5.01. The van der Waals surface area contributed by atoms with Crippen molar-refractivity contribution < 1.29 is 0 Å². The fourth-order valence-electron chi connectivity index (χ4n) is 2.87. The van der Waals surface area contributed by atoms with Gasteiger partial charge < -0.3 is 5.32 Å². The number of hydrogen-bond acceptors (Lipinski definition) is 2. The largest absolute Gasteiger partial charge is 0.311 e. The molecule has 3 atom stereocenters. The highest BCUT2D eigenvalue weighted by Crippen LogP contribution is 2.30. The maximum Gasteiger partial charge on any atom is 0.00722 e. The highest BCUT2D eigenvalue weighted by atomic mass is 32.2. The number of hydrogen-bond donors (Lipinski definition) is 1. The Hall–Kier alpha value is 0.310. The lowest BCUT2D eigenvalue weighted by atomic mass is 9.79. The number of rotatable bonds is 7. The second-order valence-electron chi connectivity index (χ2n) is 5.92. The Labute approximate surface area is 113 Å². The van der Waals surface area contributed by atoms with E-state index in [4.69, 9.17) is 0 Å². The van der Waals surface area contributed by atoms with Crippen LogP contribution in [0.3, 0.4) is 0 Å². The molecular formula is C15H31NS. The first kappa shape index (κ1) is 15.4. The van der Waals surface area contributed by atoms with E-state index in [-0.39, 0.29) is 0 Å². The van der Waals surface area contributed by atoms with Gasteiger partial charge in [0.1, 0.15) is 0 Å². The summed E-state index contributed by atoms with van der Waals surface area (Å²) in [6.45, 7) is 9.37. The summed E-state index contributed by atoms with van der Waals surface area (Å²) in [7, 11) is 0. The van der Waals surface area contributed by atoms with Crippen molar-refractivity contribution in [2.75, 3.05) is 11.5 Å². The third-order valence-electron chi connectivity index (χ3n) is 4.08. The minimum absolute atomic E-state index is 0.699. The Kier molecular flexibility index (Phi) is 7.61. The van der Waals surface area contributed by atoms with Crippen LogP contribution in [0.1, 0.15) is 59.8 Å². The summed E-state index contributed by atoms with van der Waals surface area (Å²) in [6.07, 6.45) is 7.01. The van der Waals surface area contributed by atoms with Crippen LogP contribution in [0.5, 0.6) is 0 Å². The molecule has 1 aliphatic carbocycles. The number of thioether (sulfide) groups is 1. The molecule has 1 fully saturated rings. The molecule has 0 heterocycles. The Morgan fingerprint density at radius 3 is 2.65 bits per heavy atom. The number of nitrogens with one attached hydrogen (secondary N) is 1. The van der Waals surface area contributed by atoms with E-state index in [1.165, 1.54) is 43.6 Å². The van der Waals surface area contributed by atoms with Gasteiger partial charge in [0.25, 0.3) is 0 Å². The van der Waals surface area contributed by atoms with Crippen LogP contribution in [0, 0.1) is 11.8 Å². The molecule has 3 unspecified atom stereocenters. The van der Waals surface area contributed by atoms with Gasteiger partial charge in [-0.2, -0.15) is 11.8 Å². The van der Waals surface area contributed by atoms with Gasteiger partial charge in [0.15, 0.2) is 0 Å². The van der Waals surface area contributed by atoms with E-state index >= 15 is 0 Å². The molecule has 0 aromatic heterocycles. The van der Waals surface area contributed by atoms with Crippen molar-refractivity contribution in [1.29, 1.82) is 0 Å². The summed E-state index contributed by atoms with van der Waals surface area (Å²) in [4.78, 5) is 0. The lowest BCUT2D eigenvalue weighted by Crippen LogP contribution is -2.40. The zero-order valence-electron chi connectivity index (χ0n) is 12.2. The zero-order valence-corrected chi connectivity index (χ0v) is 13.0. The van der Waals surface area contributed by atoms with Crippen LogP contribution in [-0.4, -0.2) is 23.6 Å². The van der Waals surface area contributed by atoms with Crippen LogP contribution in [0.2, 0.25) is 0 Å². The van der Waals surface area contributed by atoms with Crippen molar-refractivity contribution >= 4 is 11.8 Å². The molecule has 0 spiro atoms. The zero-order chi connectivity index (χ0) is 12.7. The summed E-state index contributed by atoms with van der Waals surface area (Å²) in [5.41, 5.74) is 0. The fourth-order valence-corrected chi connectivity index (χ4v) is 3.68. The van der Waals surface area contributed by atoms with Crippen LogP contribution in [-0.2, 0) is 0 Å². The van der Waals surface area contributed by atoms with E-state index in [0.717, 1.165) is 17.9 Å². The van der Waals surface area contributed by atoms with Gasteiger partial charge in [0.05, 0.1) is 0 Å². The monoisotopic (exact) mass is 257 g/mol. The van der Waals surface area contributed by atoms with E-state index in [1.807, 2.05) is 0 Å². The van der Waals surface area contributed by atoms with Gasteiger partial charge in [0, 0.05) is 12.1 Å². The highest BCUT2D eigenvalue weighted by Gasteiger charge is 2.24. The molecule has 1 rings (SSSR count). The molecular weight excluding hydrogens is 226 g/mol. The molecule has 1 aliphatic rings. The van der Waals surface area contributed by atoms with E-state index in [2.05, 4.69) is 44.8 Å². The summed E-state index contributed by atoms with van der Waals surface area (Å²) >= 11 is 2.06. The molecule has 1 nitrogen and oxygen atoms in total. The van der Waals surface area contributed by atoms with E-state index in [0.29, 0.717) is 6.04 Å². The molecule has 0 aliphatic heterocycles. The molecule has 1 saturated carbocycles. The van der Waals surface area contributed by atoms with Crippen LogP contribution in [0.15, 0.2) is 0 Å². The van der Waals surface area contributed by atoms with E-state index in [9.17, 15) is 0 Å². The maximum absolute atomic E-state index is 3.85. The molecule has 0 amide bonds. The van der Waals surface area contributed by atoms with Crippen molar-refractivity contribution in [2.24, 2.45) is 11.8 Å². The van der Waals surface area contributed by atoms with Gasteiger partial charge >= 0.3 is 0 Å². The van der Waals surface area contributed by atoms with Crippen molar-refractivity contribution in [3.63, 3.8) is 0 Å². The Balaban J connectivity index is 2.21. The van der Waals surface area contributed by atoms with Crippen LogP contribution in [0.4, 0.5) is 0 Å². The van der Waals surface area contributed by atoms with Crippen molar-refractivity contribution in [3.05, 3.63) is 0 Å². The predicted octanol–water partition coefficient (Wildman–Crippen LogP) is 4.32. The topological polar surface area (TPSA) is 12.0 Å². The molecule has 1 N–H and O–H groups in total. The van der Waals surface area contributed by atoms with E-state index < -0.39 is 0 Å². The predicted molar refractivity (Wildman–Crippen MR) is 80.8 cm³/mol. The SMILES string of the molecule is CCSCCC(C)NC1CCCC(C(C)C)C1. The quantitative estimate of drug-likeness (QED) is 0.682.